The van der Waals surface area contributed by atoms with E-state index in [0.29, 0.717) is 17.7 Å². The SMILES string of the molecule is CC(N)CCCC(C)C(=O)N1CC(C)CC(C)C1. The fraction of sp³-hybridized carbons (Fsp3) is 0.933. The van der Waals surface area contributed by atoms with Gasteiger partial charge in [-0.2, -0.15) is 0 Å². The second-order valence-electron chi connectivity index (χ2n) is 6.50. The van der Waals surface area contributed by atoms with Crippen molar-refractivity contribution in [2.45, 2.75) is 59.4 Å². The molecule has 0 bridgehead atoms. The Hall–Kier alpha value is -0.570. The number of piperidine rings is 1. The lowest BCUT2D eigenvalue weighted by Crippen LogP contribution is -2.44. The summed E-state index contributed by atoms with van der Waals surface area (Å²) in [5, 5.41) is 0. The Morgan fingerprint density at radius 2 is 1.78 bits per heavy atom. The Labute approximate surface area is 112 Å². The van der Waals surface area contributed by atoms with E-state index < -0.39 is 0 Å². The topological polar surface area (TPSA) is 46.3 Å². The zero-order valence-electron chi connectivity index (χ0n) is 12.5. The van der Waals surface area contributed by atoms with Crippen molar-refractivity contribution < 1.29 is 4.79 Å². The zero-order valence-corrected chi connectivity index (χ0v) is 12.5. The van der Waals surface area contributed by atoms with E-state index in [1.165, 1.54) is 6.42 Å². The van der Waals surface area contributed by atoms with Gasteiger partial charge in [-0.05, 0) is 38.0 Å². The molecule has 0 aromatic rings. The number of nitrogens with zero attached hydrogens (tertiary/aromatic N) is 1. The van der Waals surface area contributed by atoms with Gasteiger partial charge >= 0.3 is 0 Å². The standard InChI is InChI=1S/C15H30N2O/c1-11-8-12(2)10-17(9-11)15(18)13(3)6-5-7-14(4)16/h11-14H,5-10,16H2,1-4H3. The molecule has 0 aliphatic carbocycles. The largest absolute Gasteiger partial charge is 0.342 e. The summed E-state index contributed by atoms with van der Waals surface area (Å²) in [6.45, 7) is 10.5. The average Bonchev–Trinajstić information content (AvgIpc) is 2.26. The third-order valence-electron chi connectivity index (χ3n) is 3.90. The molecule has 1 rings (SSSR count). The molecule has 0 aromatic carbocycles. The fourth-order valence-electron chi connectivity index (χ4n) is 3.02. The van der Waals surface area contributed by atoms with Crippen LogP contribution in [0.4, 0.5) is 0 Å². The Bertz CT molecular complexity index is 255. The minimum atomic E-state index is 0.154. The highest BCUT2D eigenvalue weighted by atomic mass is 16.2. The van der Waals surface area contributed by atoms with E-state index in [9.17, 15) is 4.79 Å². The van der Waals surface area contributed by atoms with Gasteiger partial charge in [0.25, 0.3) is 0 Å². The molecule has 18 heavy (non-hydrogen) atoms. The van der Waals surface area contributed by atoms with E-state index in [2.05, 4.69) is 25.7 Å². The average molecular weight is 254 g/mol. The van der Waals surface area contributed by atoms with Crippen LogP contribution < -0.4 is 5.73 Å². The number of rotatable bonds is 5. The maximum absolute atomic E-state index is 12.4. The molecule has 1 aliphatic rings. The number of amides is 1. The molecule has 0 spiro atoms. The maximum atomic E-state index is 12.4. The number of hydrogen-bond donors (Lipinski definition) is 1. The van der Waals surface area contributed by atoms with Crippen LogP contribution in [-0.2, 0) is 4.79 Å². The Kier molecular flexibility index (Phi) is 6.13. The van der Waals surface area contributed by atoms with E-state index in [1.54, 1.807) is 0 Å². The summed E-state index contributed by atoms with van der Waals surface area (Å²) in [6, 6.07) is 0.252. The lowest BCUT2D eigenvalue weighted by atomic mass is 9.90. The molecular formula is C15H30N2O. The molecule has 1 aliphatic heterocycles. The van der Waals surface area contributed by atoms with Gasteiger partial charge < -0.3 is 10.6 Å². The quantitative estimate of drug-likeness (QED) is 0.820. The molecule has 1 heterocycles. The van der Waals surface area contributed by atoms with Crippen molar-refractivity contribution in [3.63, 3.8) is 0 Å². The van der Waals surface area contributed by atoms with Gasteiger partial charge in [0, 0.05) is 25.0 Å². The lowest BCUT2D eigenvalue weighted by Gasteiger charge is -2.36. The van der Waals surface area contributed by atoms with E-state index in [4.69, 9.17) is 5.73 Å². The highest BCUT2D eigenvalue weighted by molar-refractivity contribution is 5.78. The van der Waals surface area contributed by atoms with E-state index in [0.717, 1.165) is 32.4 Å². The molecular weight excluding hydrogens is 224 g/mol. The van der Waals surface area contributed by atoms with Crippen molar-refractivity contribution in [1.29, 1.82) is 0 Å². The summed E-state index contributed by atoms with van der Waals surface area (Å²) in [5.74, 6) is 1.79. The van der Waals surface area contributed by atoms with Crippen LogP contribution in [0.3, 0.4) is 0 Å². The van der Waals surface area contributed by atoms with E-state index in [1.807, 2.05) is 6.92 Å². The summed E-state index contributed by atoms with van der Waals surface area (Å²) in [7, 11) is 0. The van der Waals surface area contributed by atoms with Gasteiger partial charge in [0.05, 0.1) is 0 Å². The minimum absolute atomic E-state index is 0.154. The van der Waals surface area contributed by atoms with E-state index in [-0.39, 0.29) is 12.0 Å². The zero-order chi connectivity index (χ0) is 13.7. The van der Waals surface area contributed by atoms with Crippen LogP contribution in [-0.4, -0.2) is 29.9 Å². The van der Waals surface area contributed by atoms with E-state index >= 15 is 0 Å². The second-order valence-corrected chi connectivity index (χ2v) is 6.50. The van der Waals surface area contributed by atoms with Gasteiger partial charge in [0.2, 0.25) is 5.91 Å². The molecule has 4 atom stereocenters. The predicted molar refractivity (Wildman–Crippen MR) is 76.2 cm³/mol. The van der Waals surface area contributed by atoms with Gasteiger partial charge in [-0.3, -0.25) is 4.79 Å². The van der Waals surface area contributed by atoms with Gasteiger partial charge in [-0.25, -0.2) is 0 Å². The van der Waals surface area contributed by atoms with Crippen LogP contribution in [0.5, 0.6) is 0 Å². The Morgan fingerprint density at radius 3 is 2.28 bits per heavy atom. The molecule has 106 valence electrons. The summed E-state index contributed by atoms with van der Waals surface area (Å²) < 4.78 is 0. The number of hydrogen-bond acceptors (Lipinski definition) is 2. The maximum Gasteiger partial charge on any atom is 0.225 e. The van der Waals surface area contributed by atoms with Crippen molar-refractivity contribution in [2.75, 3.05) is 13.1 Å². The normalized spacial score (nSPS) is 27.9. The van der Waals surface area contributed by atoms with Gasteiger partial charge in [-0.15, -0.1) is 0 Å². The van der Waals surface area contributed by atoms with Crippen LogP contribution in [0, 0.1) is 17.8 Å². The van der Waals surface area contributed by atoms with Crippen LogP contribution in [0.15, 0.2) is 0 Å². The number of nitrogens with two attached hydrogens (primary N) is 1. The summed E-state index contributed by atoms with van der Waals surface area (Å²) in [4.78, 5) is 14.4. The Morgan fingerprint density at radius 1 is 1.22 bits per heavy atom. The molecule has 4 unspecified atom stereocenters. The highest BCUT2D eigenvalue weighted by Crippen LogP contribution is 2.23. The minimum Gasteiger partial charge on any atom is -0.342 e. The Balaban J connectivity index is 2.38. The lowest BCUT2D eigenvalue weighted by molar-refractivity contribution is -0.138. The molecule has 1 saturated heterocycles. The number of carbonyl (C=O) groups is 1. The van der Waals surface area contributed by atoms with Crippen LogP contribution in [0.2, 0.25) is 0 Å². The van der Waals surface area contributed by atoms with Crippen molar-refractivity contribution in [3.8, 4) is 0 Å². The molecule has 2 N–H and O–H groups in total. The fourth-order valence-corrected chi connectivity index (χ4v) is 3.02. The first-order chi connectivity index (χ1) is 8.40. The number of likely N-dealkylation sites (tertiary alicyclic amines) is 1. The van der Waals surface area contributed by atoms with Gasteiger partial charge in [0.1, 0.15) is 0 Å². The van der Waals surface area contributed by atoms with Gasteiger partial charge in [0.15, 0.2) is 0 Å². The van der Waals surface area contributed by atoms with Crippen LogP contribution >= 0.6 is 0 Å². The number of carbonyl (C=O) groups excluding carboxylic acids is 1. The van der Waals surface area contributed by atoms with Crippen molar-refractivity contribution in [3.05, 3.63) is 0 Å². The third kappa shape index (κ3) is 4.97. The molecule has 3 nitrogen and oxygen atoms in total. The van der Waals surface area contributed by atoms with Crippen LogP contribution in [0.25, 0.3) is 0 Å². The monoisotopic (exact) mass is 254 g/mol. The first-order valence-electron chi connectivity index (χ1n) is 7.44. The van der Waals surface area contributed by atoms with Crippen molar-refractivity contribution in [1.82, 2.24) is 4.90 Å². The van der Waals surface area contributed by atoms with Crippen LogP contribution in [0.1, 0.15) is 53.4 Å². The molecule has 1 fully saturated rings. The molecule has 0 saturated carbocycles. The third-order valence-corrected chi connectivity index (χ3v) is 3.90. The molecule has 0 radical (unpaired) electrons. The van der Waals surface area contributed by atoms with Crippen molar-refractivity contribution >= 4 is 5.91 Å². The van der Waals surface area contributed by atoms with Crippen molar-refractivity contribution in [2.24, 2.45) is 23.5 Å². The smallest absolute Gasteiger partial charge is 0.225 e. The molecule has 1 amide bonds. The first kappa shape index (κ1) is 15.5. The summed E-state index contributed by atoms with van der Waals surface area (Å²) in [5.41, 5.74) is 5.74. The first-order valence-corrected chi connectivity index (χ1v) is 7.44. The highest BCUT2D eigenvalue weighted by Gasteiger charge is 2.27. The summed E-state index contributed by atoms with van der Waals surface area (Å²) in [6.07, 6.45) is 4.30. The summed E-state index contributed by atoms with van der Waals surface area (Å²) >= 11 is 0. The molecule has 0 aromatic heterocycles. The predicted octanol–water partition coefficient (Wildman–Crippen LogP) is 2.64. The van der Waals surface area contributed by atoms with Gasteiger partial charge in [-0.1, -0.05) is 27.2 Å². The molecule has 3 heteroatoms. The second kappa shape index (κ2) is 7.13.